The van der Waals surface area contributed by atoms with E-state index in [0.717, 1.165) is 62.5 Å². The van der Waals surface area contributed by atoms with Crippen molar-refractivity contribution >= 4 is 17.7 Å². The normalized spacial score (nSPS) is 14.0. The summed E-state index contributed by atoms with van der Waals surface area (Å²) in [5.41, 5.74) is 2.93. The van der Waals surface area contributed by atoms with E-state index in [9.17, 15) is 14.7 Å². The fourth-order valence-electron chi connectivity index (χ4n) is 5.04. The Labute approximate surface area is 247 Å². The van der Waals surface area contributed by atoms with Gasteiger partial charge in [0.15, 0.2) is 6.10 Å². The van der Waals surface area contributed by atoms with Gasteiger partial charge in [0.1, 0.15) is 24.2 Å². The van der Waals surface area contributed by atoms with Crippen LogP contribution >= 0.6 is 0 Å². The molecule has 3 aromatic rings. The highest BCUT2D eigenvalue weighted by Gasteiger charge is 2.27. The monoisotopic (exact) mass is 575 g/mol. The van der Waals surface area contributed by atoms with Crippen LogP contribution in [0.3, 0.4) is 0 Å². The number of carbonyl (C=O) groups is 2. The van der Waals surface area contributed by atoms with E-state index in [1.165, 1.54) is 18.9 Å². The first kappa shape index (κ1) is 30.9. The van der Waals surface area contributed by atoms with Crippen molar-refractivity contribution in [2.45, 2.75) is 50.7 Å². The second-order valence-electron chi connectivity index (χ2n) is 10.4. The molecule has 2 unspecified atom stereocenters. The molecule has 0 saturated heterocycles. The van der Waals surface area contributed by atoms with Gasteiger partial charge in [-0.25, -0.2) is 9.78 Å². The van der Waals surface area contributed by atoms with Crippen molar-refractivity contribution in [2.24, 2.45) is 0 Å². The summed E-state index contributed by atoms with van der Waals surface area (Å²) >= 11 is 0. The number of fused-ring (bicyclic) bond motifs is 1. The number of rotatable bonds is 17. The zero-order valence-corrected chi connectivity index (χ0v) is 24.2. The number of aliphatic carboxylic acids is 1. The van der Waals surface area contributed by atoms with Gasteiger partial charge < -0.3 is 25.2 Å². The van der Waals surface area contributed by atoms with E-state index in [0.29, 0.717) is 25.3 Å². The smallest absolute Gasteiger partial charge is 0.326 e. The van der Waals surface area contributed by atoms with Crippen LogP contribution in [-0.2, 0) is 27.2 Å². The number of anilines is 1. The van der Waals surface area contributed by atoms with Crippen LogP contribution in [0.25, 0.3) is 0 Å². The molecule has 2 aromatic heterocycles. The van der Waals surface area contributed by atoms with E-state index in [1.54, 1.807) is 18.3 Å². The van der Waals surface area contributed by atoms with Crippen LogP contribution in [-0.4, -0.2) is 77.8 Å². The molecule has 3 N–H and O–H groups in total. The van der Waals surface area contributed by atoms with Crippen molar-refractivity contribution in [1.82, 2.24) is 20.2 Å². The van der Waals surface area contributed by atoms with Gasteiger partial charge in [-0.05, 0) is 74.9 Å². The third kappa shape index (κ3) is 9.53. The average molecular weight is 576 g/mol. The number of aromatic nitrogens is 2. The number of amides is 1. The molecule has 3 heterocycles. The molecule has 4 rings (SSSR count). The van der Waals surface area contributed by atoms with Gasteiger partial charge in [0.05, 0.1) is 0 Å². The summed E-state index contributed by atoms with van der Waals surface area (Å²) in [6.45, 7) is 3.33. The van der Waals surface area contributed by atoms with Crippen LogP contribution in [0.5, 0.6) is 5.75 Å². The number of benzene rings is 1. The zero-order chi connectivity index (χ0) is 29.6. The second-order valence-corrected chi connectivity index (χ2v) is 10.4. The Hall–Kier alpha value is -4.02. The van der Waals surface area contributed by atoms with E-state index >= 15 is 0 Å². The predicted molar refractivity (Wildman–Crippen MR) is 161 cm³/mol. The first-order chi connectivity index (χ1) is 20.5. The average Bonchev–Trinajstić information content (AvgIpc) is 3.02. The molecule has 10 heteroatoms. The van der Waals surface area contributed by atoms with E-state index in [4.69, 9.17) is 14.5 Å². The second kappa shape index (κ2) is 16.4. The molecule has 0 bridgehead atoms. The van der Waals surface area contributed by atoms with Gasteiger partial charge in [-0.1, -0.05) is 30.3 Å². The van der Waals surface area contributed by atoms with Crippen molar-refractivity contribution in [3.8, 4) is 5.75 Å². The third-order valence-corrected chi connectivity index (χ3v) is 7.34. The lowest BCUT2D eigenvalue weighted by atomic mass is 10.1. The zero-order valence-electron chi connectivity index (χ0n) is 24.2. The van der Waals surface area contributed by atoms with Gasteiger partial charge in [-0.15, -0.1) is 0 Å². The number of para-hydroxylation sites is 1. The molecule has 0 saturated carbocycles. The molecule has 0 aliphatic carbocycles. The number of nitrogens with zero attached hydrogens (tertiary/aromatic N) is 3. The lowest BCUT2D eigenvalue weighted by molar-refractivity contribution is -0.144. The number of carboxylic acids is 1. The maximum absolute atomic E-state index is 12.9. The molecule has 1 aliphatic heterocycles. The summed E-state index contributed by atoms with van der Waals surface area (Å²) in [4.78, 5) is 36.0. The highest BCUT2D eigenvalue weighted by molar-refractivity contribution is 5.87. The number of carboxylic acid groups (broad SMARTS) is 1. The molecule has 0 fully saturated rings. The maximum Gasteiger partial charge on any atom is 0.326 e. The predicted octanol–water partition coefficient (Wildman–Crippen LogP) is 3.89. The van der Waals surface area contributed by atoms with Crippen LogP contribution in [0.2, 0.25) is 0 Å². The molecule has 2 atom stereocenters. The van der Waals surface area contributed by atoms with Crippen LogP contribution in [0.15, 0.2) is 67.0 Å². The van der Waals surface area contributed by atoms with Crippen molar-refractivity contribution in [3.63, 3.8) is 0 Å². The number of aryl methyl sites for hydroxylation is 2. The quantitative estimate of drug-likeness (QED) is 0.206. The lowest BCUT2D eigenvalue weighted by Gasteiger charge is -2.25. The molecule has 1 aromatic carbocycles. The van der Waals surface area contributed by atoms with Gasteiger partial charge in [0.25, 0.3) is 5.91 Å². The minimum absolute atomic E-state index is 0.244. The summed E-state index contributed by atoms with van der Waals surface area (Å²) < 4.78 is 11.3. The number of unbranched alkanes of at least 4 members (excludes halogenated alkanes) is 1. The number of nitrogens with one attached hydrogen (secondary N) is 2. The van der Waals surface area contributed by atoms with Gasteiger partial charge in [-0.3, -0.25) is 14.7 Å². The van der Waals surface area contributed by atoms with Crippen molar-refractivity contribution < 1.29 is 24.2 Å². The highest BCUT2D eigenvalue weighted by atomic mass is 16.5. The fourth-order valence-corrected chi connectivity index (χ4v) is 5.04. The van der Waals surface area contributed by atoms with Crippen molar-refractivity contribution in [3.05, 3.63) is 83.8 Å². The molecular weight excluding hydrogens is 534 g/mol. The van der Waals surface area contributed by atoms with E-state index < -0.39 is 24.0 Å². The van der Waals surface area contributed by atoms with Gasteiger partial charge >= 0.3 is 5.97 Å². The number of pyridine rings is 2. The number of hydrogen-bond donors (Lipinski definition) is 3. The number of ether oxygens (including phenoxy) is 2. The van der Waals surface area contributed by atoms with Crippen LogP contribution in [0.4, 0.5) is 5.82 Å². The Kier molecular flexibility index (Phi) is 12.1. The largest absolute Gasteiger partial charge is 0.492 e. The highest BCUT2D eigenvalue weighted by Crippen LogP contribution is 2.20. The Morgan fingerprint density at radius 1 is 1.07 bits per heavy atom. The molecule has 10 nitrogen and oxygen atoms in total. The molecule has 1 aliphatic rings. The molecule has 42 heavy (non-hydrogen) atoms. The summed E-state index contributed by atoms with van der Waals surface area (Å²) in [5.74, 6) is 0.210. The van der Waals surface area contributed by atoms with Crippen molar-refractivity contribution in [2.75, 3.05) is 45.2 Å². The molecule has 0 spiro atoms. The molecule has 224 valence electrons. The summed E-state index contributed by atoms with van der Waals surface area (Å²) in [7, 11) is 1.41. The first-order valence-corrected chi connectivity index (χ1v) is 14.6. The van der Waals surface area contributed by atoms with Crippen LogP contribution in [0.1, 0.15) is 48.6 Å². The van der Waals surface area contributed by atoms with Gasteiger partial charge in [0, 0.05) is 50.4 Å². The van der Waals surface area contributed by atoms with Crippen LogP contribution < -0.4 is 15.4 Å². The molecule has 1 amide bonds. The van der Waals surface area contributed by atoms with E-state index in [1.807, 2.05) is 30.3 Å². The topological polar surface area (TPSA) is 126 Å². The van der Waals surface area contributed by atoms with E-state index in [-0.39, 0.29) is 6.42 Å². The Balaban J connectivity index is 1.31. The number of carbonyl (C=O) groups excluding carboxylic acids is 1. The molecule has 0 radical (unpaired) electrons. The van der Waals surface area contributed by atoms with E-state index in [2.05, 4.69) is 32.7 Å². The Morgan fingerprint density at radius 2 is 1.93 bits per heavy atom. The molecular formula is C32H41N5O5. The van der Waals surface area contributed by atoms with Crippen LogP contribution in [0, 0.1) is 0 Å². The Bertz CT molecular complexity index is 1260. The Morgan fingerprint density at radius 3 is 2.69 bits per heavy atom. The maximum atomic E-state index is 12.9. The summed E-state index contributed by atoms with van der Waals surface area (Å²) in [6.07, 6.45) is 7.42. The summed E-state index contributed by atoms with van der Waals surface area (Å²) in [5, 5.41) is 15.9. The van der Waals surface area contributed by atoms with Gasteiger partial charge in [-0.2, -0.15) is 0 Å². The minimum Gasteiger partial charge on any atom is -0.492 e. The fraction of sp³-hybridized carbons (Fsp3) is 0.438. The SMILES string of the molecule is COC(C(=O)NC(CCN(CCCCc1ccc2c(n1)NCCC2)CCOc1ccccc1)C(=O)O)c1cccnc1. The first-order valence-electron chi connectivity index (χ1n) is 14.6. The summed E-state index contributed by atoms with van der Waals surface area (Å²) in [6, 6.07) is 16.3. The minimum atomic E-state index is -1.09. The number of hydrogen-bond acceptors (Lipinski definition) is 8. The lowest BCUT2D eigenvalue weighted by Crippen LogP contribution is -2.45. The van der Waals surface area contributed by atoms with Crippen molar-refractivity contribution in [1.29, 1.82) is 0 Å². The number of methoxy groups -OCH3 is 1. The van der Waals surface area contributed by atoms with Gasteiger partial charge in [0.2, 0.25) is 0 Å². The standard InChI is InChI=1S/C32H41N5O5/c1-41-29(25-10-7-17-33-23-25)31(38)36-28(32(39)40)16-20-37(21-22-42-27-12-3-2-4-13-27)19-6-5-11-26-15-14-24-9-8-18-34-30(24)35-26/h2-4,7,10,12-15,17,23,28-29H,5-6,8-9,11,16,18-22H2,1H3,(H,34,35)(H,36,38)(H,39,40). The third-order valence-electron chi connectivity index (χ3n) is 7.34.